The van der Waals surface area contributed by atoms with Gasteiger partial charge in [-0.3, -0.25) is 4.79 Å². The Bertz CT molecular complexity index is 321. The third-order valence-electron chi connectivity index (χ3n) is 2.43. The lowest BCUT2D eigenvalue weighted by Crippen LogP contribution is -2.45. The number of sulfonamides is 1. The summed E-state index contributed by atoms with van der Waals surface area (Å²) in [4.78, 5) is 11.1. The zero-order chi connectivity index (χ0) is 11.5. The van der Waals surface area contributed by atoms with Gasteiger partial charge < -0.3 is 5.32 Å². The third kappa shape index (κ3) is 4.00. The van der Waals surface area contributed by atoms with Crippen LogP contribution in [0.3, 0.4) is 0 Å². The molecule has 0 aliphatic carbocycles. The van der Waals surface area contributed by atoms with E-state index in [1.165, 1.54) is 10.6 Å². The van der Waals surface area contributed by atoms with Crippen molar-refractivity contribution in [2.75, 3.05) is 25.6 Å². The molecule has 1 saturated heterocycles. The molecule has 0 aromatic rings. The Morgan fingerprint density at radius 2 is 1.93 bits per heavy atom. The van der Waals surface area contributed by atoms with Crippen molar-refractivity contribution in [2.45, 2.75) is 18.9 Å². The fraction of sp³-hybridized carbons (Fsp3) is 0.875. The van der Waals surface area contributed by atoms with Crippen molar-refractivity contribution in [1.29, 1.82) is 0 Å². The van der Waals surface area contributed by atoms with E-state index in [9.17, 15) is 13.2 Å². The van der Waals surface area contributed by atoms with E-state index >= 15 is 0 Å². The van der Waals surface area contributed by atoms with Crippen LogP contribution in [0.2, 0.25) is 0 Å². The average Bonchev–Trinajstić information content (AvgIpc) is 2.17. The van der Waals surface area contributed by atoms with Crippen molar-refractivity contribution in [2.24, 2.45) is 0 Å². The summed E-state index contributed by atoms with van der Waals surface area (Å²) < 4.78 is 23.9. The quantitative estimate of drug-likeness (QED) is 0.776. The maximum Gasteiger partial charge on any atom is 0.278 e. The monoisotopic (exact) mass is 252 g/mol. The molecule has 0 bridgehead atoms. The Balaban J connectivity index is 2.40. The predicted octanol–water partition coefficient (Wildman–Crippen LogP) is 0.483. The van der Waals surface area contributed by atoms with Crippen LogP contribution in [0, 0.1) is 0 Å². The predicted molar refractivity (Wildman–Crippen MR) is 61.5 cm³/mol. The van der Waals surface area contributed by atoms with Crippen LogP contribution < -0.4 is 5.32 Å². The number of hydrogen-bond acceptors (Lipinski definition) is 4. The molecule has 5 nitrogen and oxygen atoms in total. The van der Waals surface area contributed by atoms with Crippen LogP contribution in [0.15, 0.2) is 0 Å². The molecule has 0 atom stereocenters. The highest BCUT2D eigenvalue weighted by atomic mass is 32.2. The number of piperidine rings is 1. The molecule has 0 saturated carbocycles. The highest BCUT2D eigenvalue weighted by Gasteiger charge is 2.25. The van der Waals surface area contributed by atoms with Crippen LogP contribution in [0.25, 0.3) is 0 Å². The van der Waals surface area contributed by atoms with Crippen molar-refractivity contribution in [1.82, 2.24) is 9.62 Å². The van der Waals surface area contributed by atoms with Crippen LogP contribution in [0.1, 0.15) is 12.8 Å². The van der Waals surface area contributed by atoms with Gasteiger partial charge in [0, 0.05) is 19.1 Å². The number of nitrogens with one attached hydrogen (secondary N) is 1. The maximum atomic E-state index is 11.2. The van der Waals surface area contributed by atoms with E-state index in [2.05, 4.69) is 5.32 Å². The molecule has 1 fully saturated rings. The summed E-state index contributed by atoms with van der Waals surface area (Å²) in [6.07, 6.45) is 4.33. The standard InChI is InChI=1S/C8H16N2O3S2/c1-14-8(11)9-7-3-5-10(6-4-7)15(2,12)13/h7H,3-6H2,1-2H3,(H,9,11). The molecule has 1 N–H and O–H groups in total. The average molecular weight is 252 g/mol. The molecule has 1 heterocycles. The van der Waals surface area contributed by atoms with Gasteiger partial charge in [-0.1, -0.05) is 11.8 Å². The van der Waals surface area contributed by atoms with Crippen molar-refractivity contribution in [3.05, 3.63) is 0 Å². The van der Waals surface area contributed by atoms with E-state index in [0.717, 1.165) is 11.8 Å². The van der Waals surface area contributed by atoms with Gasteiger partial charge in [-0.2, -0.15) is 0 Å². The van der Waals surface area contributed by atoms with Gasteiger partial charge in [0.15, 0.2) is 0 Å². The topological polar surface area (TPSA) is 66.5 Å². The number of nitrogens with zero attached hydrogens (tertiary/aromatic N) is 1. The number of thioether (sulfide) groups is 1. The Kier molecular flexibility index (Phi) is 4.42. The van der Waals surface area contributed by atoms with E-state index < -0.39 is 10.0 Å². The van der Waals surface area contributed by atoms with Gasteiger partial charge in [0.25, 0.3) is 5.24 Å². The molecular formula is C8H16N2O3S2. The maximum absolute atomic E-state index is 11.2. The summed E-state index contributed by atoms with van der Waals surface area (Å²) in [5, 5.41) is 2.79. The van der Waals surface area contributed by atoms with Crippen LogP contribution in [-0.4, -0.2) is 49.6 Å². The molecule has 0 aromatic heterocycles. The van der Waals surface area contributed by atoms with Crippen LogP contribution >= 0.6 is 11.8 Å². The van der Waals surface area contributed by atoms with Gasteiger partial charge in [0.2, 0.25) is 10.0 Å². The van der Waals surface area contributed by atoms with Crippen molar-refractivity contribution < 1.29 is 13.2 Å². The van der Waals surface area contributed by atoms with E-state index in [-0.39, 0.29) is 11.3 Å². The summed E-state index contributed by atoms with van der Waals surface area (Å²) in [5.41, 5.74) is 0. The fourth-order valence-electron chi connectivity index (χ4n) is 1.56. The number of carbonyl (C=O) groups is 1. The smallest absolute Gasteiger partial charge is 0.278 e. The Hall–Kier alpha value is -0.270. The number of carbonyl (C=O) groups excluding carboxylic acids is 1. The number of rotatable bonds is 2. The zero-order valence-corrected chi connectivity index (χ0v) is 10.5. The second kappa shape index (κ2) is 5.18. The van der Waals surface area contributed by atoms with E-state index in [1.54, 1.807) is 6.26 Å². The van der Waals surface area contributed by atoms with Gasteiger partial charge in [0.1, 0.15) is 0 Å². The molecule has 1 aliphatic rings. The van der Waals surface area contributed by atoms with E-state index in [1.807, 2.05) is 0 Å². The van der Waals surface area contributed by atoms with Crippen molar-refractivity contribution in [3.63, 3.8) is 0 Å². The summed E-state index contributed by atoms with van der Waals surface area (Å²) in [6, 6.07) is 0.114. The molecule has 1 amide bonds. The second-order valence-corrected chi connectivity index (χ2v) is 6.33. The summed E-state index contributed by atoms with van der Waals surface area (Å²) in [5.74, 6) is 0. The van der Waals surface area contributed by atoms with E-state index in [4.69, 9.17) is 0 Å². The molecule has 1 rings (SSSR count). The zero-order valence-electron chi connectivity index (χ0n) is 8.89. The Labute approximate surface area is 94.6 Å². The third-order valence-corrected chi connectivity index (χ3v) is 4.22. The van der Waals surface area contributed by atoms with Gasteiger partial charge in [-0.05, 0) is 19.1 Å². The Morgan fingerprint density at radius 3 is 2.33 bits per heavy atom. The minimum atomic E-state index is -3.07. The first-order valence-corrected chi connectivity index (χ1v) is 7.80. The highest BCUT2D eigenvalue weighted by molar-refractivity contribution is 8.12. The molecule has 0 radical (unpaired) electrons. The normalized spacial score (nSPS) is 20.1. The molecule has 1 aliphatic heterocycles. The lowest BCUT2D eigenvalue weighted by molar-refractivity contribution is 0.247. The first-order chi connectivity index (χ1) is 6.93. The van der Waals surface area contributed by atoms with Crippen molar-refractivity contribution in [3.8, 4) is 0 Å². The molecule has 0 unspecified atom stereocenters. The van der Waals surface area contributed by atoms with Crippen molar-refractivity contribution >= 4 is 27.0 Å². The van der Waals surface area contributed by atoms with Crippen LogP contribution in [0.5, 0.6) is 0 Å². The Morgan fingerprint density at radius 1 is 1.40 bits per heavy atom. The summed E-state index contributed by atoms with van der Waals surface area (Å²) >= 11 is 1.14. The van der Waals surface area contributed by atoms with Gasteiger partial charge in [-0.15, -0.1) is 0 Å². The molecule has 15 heavy (non-hydrogen) atoms. The van der Waals surface area contributed by atoms with Gasteiger partial charge in [0.05, 0.1) is 6.26 Å². The van der Waals surface area contributed by atoms with Crippen LogP contribution in [-0.2, 0) is 10.0 Å². The number of hydrogen-bond donors (Lipinski definition) is 1. The first kappa shape index (κ1) is 12.8. The second-order valence-electron chi connectivity index (χ2n) is 3.57. The lowest BCUT2D eigenvalue weighted by Gasteiger charge is -2.30. The lowest BCUT2D eigenvalue weighted by atomic mass is 10.1. The van der Waals surface area contributed by atoms with Gasteiger partial charge in [-0.25, -0.2) is 12.7 Å². The molecule has 0 aromatic carbocycles. The fourth-order valence-corrected chi connectivity index (χ4v) is 2.72. The SMILES string of the molecule is CSC(=O)NC1CCN(S(C)(=O)=O)CC1. The molecule has 88 valence electrons. The minimum absolute atomic E-state index is 0.0483. The number of amides is 1. The van der Waals surface area contributed by atoms with Crippen LogP contribution in [0.4, 0.5) is 4.79 Å². The molecule has 7 heteroatoms. The summed E-state index contributed by atoms with van der Waals surface area (Å²) in [7, 11) is -3.07. The first-order valence-electron chi connectivity index (χ1n) is 4.73. The van der Waals surface area contributed by atoms with Gasteiger partial charge >= 0.3 is 0 Å². The van der Waals surface area contributed by atoms with E-state index in [0.29, 0.717) is 25.9 Å². The minimum Gasteiger partial charge on any atom is -0.344 e. The summed E-state index contributed by atoms with van der Waals surface area (Å²) in [6.45, 7) is 0.996. The largest absolute Gasteiger partial charge is 0.344 e. The molecule has 0 spiro atoms. The molecular weight excluding hydrogens is 236 g/mol. The highest BCUT2D eigenvalue weighted by Crippen LogP contribution is 2.13.